The van der Waals surface area contributed by atoms with Crippen molar-refractivity contribution in [1.29, 1.82) is 0 Å². The Balaban J connectivity index is 2.35. The lowest BCUT2D eigenvalue weighted by Gasteiger charge is -2.17. The number of ether oxygens (including phenoxy) is 1. The Morgan fingerprint density at radius 3 is 2.55 bits per heavy atom. The third kappa shape index (κ3) is 3.59. The molecule has 0 saturated heterocycles. The second-order valence-electron chi connectivity index (χ2n) is 4.37. The minimum atomic E-state index is -0.308. The Morgan fingerprint density at radius 1 is 1.15 bits per heavy atom. The SMILES string of the molecule is CNC(C)c1cc(Br)ccc1Oc1ccc(F)c(Br)c1. The summed E-state index contributed by atoms with van der Waals surface area (Å²) in [6.45, 7) is 2.05. The lowest BCUT2D eigenvalue weighted by molar-refractivity contribution is 0.464. The molecule has 106 valence electrons. The van der Waals surface area contributed by atoms with Crippen molar-refractivity contribution in [3.8, 4) is 11.5 Å². The van der Waals surface area contributed by atoms with Gasteiger partial charge in [0, 0.05) is 16.1 Å². The van der Waals surface area contributed by atoms with Crippen LogP contribution in [0, 0.1) is 5.82 Å². The van der Waals surface area contributed by atoms with E-state index in [0.29, 0.717) is 10.2 Å². The van der Waals surface area contributed by atoms with Gasteiger partial charge in [-0.05, 0) is 66.3 Å². The molecule has 20 heavy (non-hydrogen) atoms. The van der Waals surface area contributed by atoms with Crippen molar-refractivity contribution in [1.82, 2.24) is 5.32 Å². The molecule has 2 aromatic carbocycles. The molecule has 5 heteroatoms. The number of hydrogen-bond donors (Lipinski definition) is 1. The van der Waals surface area contributed by atoms with E-state index in [1.165, 1.54) is 6.07 Å². The Morgan fingerprint density at radius 2 is 1.90 bits per heavy atom. The summed E-state index contributed by atoms with van der Waals surface area (Å²) in [4.78, 5) is 0. The van der Waals surface area contributed by atoms with Crippen molar-refractivity contribution in [2.24, 2.45) is 0 Å². The topological polar surface area (TPSA) is 21.3 Å². The fourth-order valence-corrected chi connectivity index (χ4v) is 2.51. The van der Waals surface area contributed by atoms with E-state index in [0.717, 1.165) is 15.8 Å². The van der Waals surface area contributed by atoms with Gasteiger partial charge in [0.15, 0.2) is 0 Å². The third-order valence-electron chi connectivity index (χ3n) is 2.99. The van der Waals surface area contributed by atoms with Crippen LogP contribution in [0.4, 0.5) is 4.39 Å². The van der Waals surface area contributed by atoms with Gasteiger partial charge in [-0.1, -0.05) is 15.9 Å². The summed E-state index contributed by atoms with van der Waals surface area (Å²) in [7, 11) is 1.89. The minimum absolute atomic E-state index is 0.145. The van der Waals surface area contributed by atoms with Crippen LogP contribution in [0.5, 0.6) is 11.5 Å². The van der Waals surface area contributed by atoms with E-state index in [2.05, 4.69) is 44.1 Å². The van der Waals surface area contributed by atoms with Crippen molar-refractivity contribution in [3.05, 3.63) is 56.7 Å². The molecule has 2 rings (SSSR count). The summed E-state index contributed by atoms with van der Waals surface area (Å²) in [5.41, 5.74) is 1.03. The molecule has 0 aliphatic heterocycles. The zero-order valence-electron chi connectivity index (χ0n) is 11.1. The highest BCUT2D eigenvalue weighted by Gasteiger charge is 2.12. The van der Waals surface area contributed by atoms with Gasteiger partial charge < -0.3 is 10.1 Å². The molecule has 0 spiro atoms. The van der Waals surface area contributed by atoms with Crippen LogP contribution in [0.3, 0.4) is 0 Å². The smallest absolute Gasteiger partial charge is 0.137 e. The Bertz CT molecular complexity index is 619. The average Bonchev–Trinajstić information content (AvgIpc) is 2.44. The molecular formula is C15H14Br2FNO. The summed E-state index contributed by atoms with van der Waals surface area (Å²) >= 11 is 6.62. The lowest BCUT2D eigenvalue weighted by atomic mass is 10.1. The standard InChI is InChI=1S/C15H14Br2FNO/c1-9(19-2)12-7-10(16)3-6-15(12)20-11-4-5-14(18)13(17)8-11/h3-9,19H,1-2H3. The van der Waals surface area contributed by atoms with Gasteiger partial charge in [-0.3, -0.25) is 0 Å². The van der Waals surface area contributed by atoms with Crippen molar-refractivity contribution in [3.63, 3.8) is 0 Å². The molecule has 2 aromatic rings. The van der Waals surface area contributed by atoms with Crippen molar-refractivity contribution < 1.29 is 9.13 Å². The molecule has 1 unspecified atom stereocenters. The third-order valence-corrected chi connectivity index (χ3v) is 4.09. The highest BCUT2D eigenvalue weighted by atomic mass is 79.9. The molecule has 0 radical (unpaired) electrons. The first-order valence-electron chi connectivity index (χ1n) is 6.11. The predicted molar refractivity (Wildman–Crippen MR) is 85.8 cm³/mol. The van der Waals surface area contributed by atoms with E-state index >= 15 is 0 Å². The van der Waals surface area contributed by atoms with E-state index in [-0.39, 0.29) is 11.9 Å². The summed E-state index contributed by atoms with van der Waals surface area (Å²) in [5, 5.41) is 3.19. The van der Waals surface area contributed by atoms with Crippen LogP contribution in [0.25, 0.3) is 0 Å². The van der Waals surface area contributed by atoms with Crippen LogP contribution >= 0.6 is 31.9 Å². The molecule has 0 aromatic heterocycles. The van der Waals surface area contributed by atoms with E-state index < -0.39 is 0 Å². The van der Waals surface area contributed by atoms with Gasteiger partial charge >= 0.3 is 0 Å². The largest absolute Gasteiger partial charge is 0.457 e. The second-order valence-corrected chi connectivity index (χ2v) is 6.14. The van der Waals surface area contributed by atoms with Crippen LogP contribution in [0.1, 0.15) is 18.5 Å². The molecule has 0 aliphatic rings. The van der Waals surface area contributed by atoms with Gasteiger partial charge in [0.1, 0.15) is 17.3 Å². The number of nitrogens with one attached hydrogen (secondary N) is 1. The van der Waals surface area contributed by atoms with Gasteiger partial charge in [-0.2, -0.15) is 0 Å². The fourth-order valence-electron chi connectivity index (χ4n) is 1.77. The average molecular weight is 403 g/mol. The summed E-state index contributed by atoms with van der Waals surface area (Å²) in [6.07, 6.45) is 0. The molecule has 1 N–H and O–H groups in total. The first-order chi connectivity index (χ1) is 9.51. The summed E-state index contributed by atoms with van der Waals surface area (Å²) in [6, 6.07) is 10.6. The van der Waals surface area contributed by atoms with Crippen LogP contribution < -0.4 is 10.1 Å². The number of halogens is 3. The molecule has 2 nitrogen and oxygen atoms in total. The predicted octanol–water partition coefficient (Wildman–Crippen LogP) is 5.42. The number of benzene rings is 2. The Labute approximate surface area is 134 Å². The molecule has 0 aliphatic carbocycles. The molecule has 0 saturated carbocycles. The molecule has 1 atom stereocenters. The van der Waals surface area contributed by atoms with Crippen molar-refractivity contribution in [2.75, 3.05) is 7.05 Å². The monoisotopic (exact) mass is 401 g/mol. The highest BCUT2D eigenvalue weighted by molar-refractivity contribution is 9.10. The highest BCUT2D eigenvalue weighted by Crippen LogP contribution is 2.33. The van der Waals surface area contributed by atoms with Crippen LogP contribution in [-0.4, -0.2) is 7.05 Å². The van der Waals surface area contributed by atoms with E-state index in [9.17, 15) is 4.39 Å². The van der Waals surface area contributed by atoms with E-state index in [4.69, 9.17) is 4.74 Å². The van der Waals surface area contributed by atoms with Crippen LogP contribution in [0.2, 0.25) is 0 Å². The molecule has 0 bridgehead atoms. The normalized spacial score (nSPS) is 12.2. The Kier molecular flexibility index (Phi) is 5.18. The van der Waals surface area contributed by atoms with Gasteiger partial charge in [-0.25, -0.2) is 4.39 Å². The van der Waals surface area contributed by atoms with Crippen LogP contribution in [-0.2, 0) is 0 Å². The summed E-state index contributed by atoms with van der Waals surface area (Å²) in [5.74, 6) is 1.02. The quantitative estimate of drug-likeness (QED) is 0.736. The molecule has 0 fully saturated rings. The number of hydrogen-bond acceptors (Lipinski definition) is 2. The van der Waals surface area contributed by atoms with Crippen LogP contribution in [0.15, 0.2) is 45.3 Å². The maximum Gasteiger partial charge on any atom is 0.137 e. The van der Waals surface area contributed by atoms with Gasteiger partial charge in [-0.15, -0.1) is 0 Å². The zero-order valence-corrected chi connectivity index (χ0v) is 14.3. The maximum absolute atomic E-state index is 13.2. The molecule has 0 heterocycles. The van der Waals surface area contributed by atoms with E-state index in [1.54, 1.807) is 12.1 Å². The van der Waals surface area contributed by atoms with Gasteiger partial charge in [0.05, 0.1) is 4.47 Å². The Hall–Kier alpha value is -0.910. The second kappa shape index (κ2) is 6.70. The minimum Gasteiger partial charge on any atom is -0.457 e. The van der Waals surface area contributed by atoms with Gasteiger partial charge in [0.2, 0.25) is 0 Å². The maximum atomic E-state index is 13.2. The molecular weight excluding hydrogens is 389 g/mol. The lowest BCUT2D eigenvalue weighted by Crippen LogP contribution is -2.13. The number of rotatable bonds is 4. The summed E-state index contributed by atoms with van der Waals surface area (Å²) < 4.78 is 20.5. The van der Waals surface area contributed by atoms with Crippen molar-refractivity contribution in [2.45, 2.75) is 13.0 Å². The van der Waals surface area contributed by atoms with E-state index in [1.807, 2.05) is 25.2 Å². The van der Waals surface area contributed by atoms with Gasteiger partial charge in [0.25, 0.3) is 0 Å². The van der Waals surface area contributed by atoms with Crippen molar-refractivity contribution >= 4 is 31.9 Å². The fraction of sp³-hybridized carbons (Fsp3) is 0.200. The molecule has 0 amide bonds. The first kappa shape index (κ1) is 15.5. The zero-order chi connectivity index (χ0) is 14.7. The first-order valence-corrected chi connectivity index (χ1v) is 7.69.